The number of ether oxygens (including phenoxy) is 2. The van der Waals surface area contributed by atoms with Gasteiger partial charge in [0.2, 0.25) is 18.6 Å². The summed E-state index contributed by atoms with van der Waals surface area (Å²) < 4.78 is 10.9. The molecule has 4 rings (SSSR count). The summed E-state index contributed by atoms with van der Waals surface area (Å²) in [5.74, 6) is 0.560. The van der Waals surface area contributed by atoms with E-state index in [0.29, 0.717) is 30.0 Å². The molecule has 1 aliphatic carbocycles. The molecule has 1 saturated carbocycles. The number of hydrogen-bond donors (Lipinski definition) is 4. The molecule has 0 saturated heterocycles. The fourth-order valence-corrected chi connectivity index (χ4v) is 3.79. The highest BCUT2D eigenvalue weighted by atomic mass is 16.7. The summed E-state index contributed by atoms with van der Waals surface area (Å²) in [6, 6.07) is 13.3. The molecule has 9 nitrogen and oxygen atoms in total. The van der Waals surface area contributed by atoms with E-state index in [1.165, 1.54) is 6.08 Å². The number of amides is 3. The zero-order valence-electron chi connectivity index (χ0n) is 20.5. The van der Waals surface area contributed by atoms with E-state index >= 15 is 0 Å². The molecule has 2 aliphatic rings. The van der Waals surface area contributed by atoms with Crippen LogP contribution in [0.4, 0.5) is 0 Å². The maximum Gasteiger partial charge on any atom is 0.252 e. The summed E-state index contributed by atoms with van der Waals surface area (Å²) in [6.45, 7) is 0.684. The normalized spacial score (nSPS) is 14.5. The van der Waals surface area contributed by atoms with Gasteiger partial charge < -0.3 is 20.1 Å². The molecule has 1 aliphatic heterocycles. The van der Waals surface area contributed by atoms with Gasteiger partial charge in [-0.15, -0.1) is 0 Å². The summed E-state index contributed by atoms with van der Waals surface area (Å²) in [4.78, 5) is 36.0. The van der Waals surface area contributed by atoms with Crippen molar-refractivity contribution in [3.8, 4) is 11.5 Å². The Balaban J connectivity index is 1.34. The molecule has 3 amide bonds. The molecule has 2 aromatic rings. The number of unbranched alkanes of at least 4 members (excludes halogenated alkanes) is 2. The molecule has 0 atom stereocenters. The van der Waals surface area contributed by atoms with E-state index in [4.69, 9.17) is 14.7 Å². The quantitative estimate of drug-likeness (QED) is 0.115. The molecule has 1 heterocycles. The van der Waals surface area contributed by atoms with Gasteiger partial charge >= 0.3 is 0 Å². The molecule has 9 heteroatoms. The smallest absolute Gasteiger partial charge is 0.252 e. The Bertz CT molecular complexity index is 1180. The maximum absolute atomic E-state index is 13.0. The van der Waals surface area contributed by atoms with E-state index in [1.807, 2.05) is 48.5 Å². The molecular weight excluding hydrogens is 474 g/mol. The molecule has 2 aromatic carbocycles. The standard InChI is InChI=1S/C28H31N3O6/c32-26(29-15-3-1-2-4-27(33)31-35)14-9-19-5-7-20(8-6-19)16-23(28(34)30-22-11-12-22)21-10-13-24-25(17-21)37-18-36-24/h5-10,13-14,16-17,22,35H,1-4,11-12,15,18H2,(H,29,32)(H,30,34)(H,31,33)/b14-9+,23-16+. The van der Waals surface area contributed by atoms with Crippen molar-refractivity contribution in [2.75, 3.05) is 13.3 Å². The van der Waals surface area contributed by atoms with Gasteiger partial charge in [0.1, 0.15) is 0 Å². The van der Waals surface area contributed by atoms with Crippen LogP contribution in [0.1, 0.15) is 55.2 Å². The van der Waals surface area contributed by atoms with Crippen molar-refractivity contribution in [2.24, 2.45) is 0 Å². The van der Waals surface area contributed by atoms with E-state index in [-0.39, 0.29) is 31.1 Å². The first-order valence-corrected chi connectivity index (χ1v) is 12.4. The fourth-order valence-electron chi connectivity index (χ4n) is 3.79. The van der Waals surface area contributed by atoms with Crippen molar-refractivity contribution in [1.82, 2.24) is 16.1 Å². The summed E-state index contributed by atoms with van der Waals surface area (Å²) in [7, 11) is 0. The molecule has 4 N–H and O–H groups in total. The first-order valence-electron chi connectivity index (χ1n) is 12.4. The predicted molar refractivity (Wildman–Crippen MR) is 138 cm³/mol. The number of hydroxylamine groups is 1. The number of fused-ring (bicyclic) bond motifs is 1. The van der Waals surface area contributed by atoms with Crippen LogP contribution in [0, 0.1) is 0 Å². The number of carbonyl (C=O) groups excluding carboxylic acids is 3. The molecular formula is C28H31N3O6. The first kappa shape index (κ1) is 26.0. The van der Waals surface area contributed by atoms with E-state index in [2.05, 4.69) is 10.6 Å². The molecule has 0 spiro atoms. The van der Waals surface area contributed by atoms with E-state index < -0.39 is 5.91 Å². The summed E-state index contributed by atoms with van der Waals surface area (Å²) in [5.41, 5.74) is 4.61. The van der Waals surface area contributed by atoms with Gasteiger partial charge in [0.25, 0.3) is 5.91 Å². The van der Waals surface area contributed by atoms with Crippen molar-refractivity contribution in [3.63, 3.8) is 0 Å². The lowest BCUT2D eigenvalue weighted by atomic mass is 10.0. The average Bonchev–Trinajstić information content (AvgIpc) is 3.60. The van der Waals surface area contributed by atoms with Gasteiger partial charge in [-0.25, -0.2) is 5.48 Å². The number of hydrogen-bond acceptors (Lipinski definition) is 6. The third kappa shape index (κ3) is 7.94. The van der Waals surface area contributed by atoms with Crippen LogP contribution >= 0.6 is 0 Å². The van der Waals surface area contributed by atoms with Crippen molar-refractivity contribution in [1.29, 1.82) is 0 Å². The maximum atomic E-state index is 13.0. The van der Waals surface area contributed by atoms with Gasteiger partial charge in [-0.2, -0.15) is 0 Å². The second-order valence-corrected chi connectivity index (χ2v) is 9.01. The van der Waals surface area contributed by atoms with Crippen LogP contribution in [0.5, 0.6) is 11.5 Å². The number of benzene rings is 2. The van der Waals surface area contributed by atoms with Crippen LogP contribution in [-0.4, -0.2) is 42.3 Å². The lowest BCUT2D eigenvalue weighted by Gasteiger charge is -2.10. The lowest BCUT2D eigenvalue weighted by molar-refractivity contribution is -0.129. The molecule has 0 bridgehead atoms. The topological polar surface area (TPSA) is 126 Å². The second kappa shape index (κ2) is 12.7. The fraction of sp³-hybridized carbons (Fsp3) is 0.321. The van der Waals surface area contributed by atoms with Crippen molar-refractivity contribution in [2.45, 2.75) is 44.6 Å². The summed E-state index contributed by atoms with van der Waals surface area (Å²) in [5, 5.41) is 14.3. The van der Waals surface area contributed by atoms with Crippen molar-refractivity contribution >= 4 is 35.4 Å². The van der Waals surface area contributed by atoms with Crippen LogP contribution in [0.15, 0.2) is 48.5 Å². The van der Waals surface area contributed by atoms with Gasteiger partial charge in [-0.1, -0.05) is 36.8 Å². The highest BCUT2D eigenvalue weighted by Gasteiger charge is 2.26. The van der Waals surface area contributed by atoms with Crippen molar-refractivity contribution < 1.29 is 29.1 Å². The third-order valence-corrected chi connectivity index (χ3v) is 6.02. The lowest BCUT2D eigenvalue weighted by Crippen LogP contribution is -2.26. The van der Waals surface area contributed by atoms with Crippen LogP contribution in [0.25, 0.3) is 17.7 Å². The number of carbonyl (C=O) groups is 3. The van der Waals surface area contributed by atoms with Crippen LogP contribution in [-0.2, 0) is 14.4 Å². The first-order chi connectivity index (χ1) is 18.0. The minimum Gasteiger partial charge on any atom is -0.454 e. The van der Waals surface area contributed by atoms with Gasteiger partial charge in [-0.05, 0) is 66.7 Å². The van der Waals surface area contributed by atoms with Crippen molar-refractivity contribution in [3.05, 3.63) is 65.2 Å². The third-order valence-electron chi connectivity index (χ3n) is 6.02. The second-order valence-electron chi connectivity index (χ2n) is 9.01. The van der Waals surface area contributed by atoms with E-state index in [1.54, 1.807) is 11.6 Å². The van der Waals surface area contributed by atoms with Crippen LogP contribution < -0.4 is 25.6 Å². The zero-order chi connectivity index (χ0) is 26.0. The molecule has 0 unspecified atom stereocenters. The highest BCUT2D eigenvalue weighted by Crippen LogP contribution is 2.35. The SMILES string of the molecule is O=C(/C=C/c1ccc(/C=C(/C(=O)NC2CC2)c2ccc3c(c2)OCO3)cc1)NCCCCCC(=O)NO. The Morgan fingerprint density at radius 1 is 0.946 bits per heavy atom. The molecule has 0 radical (unpaired) electrons. The van der Waals surface area contributed by atoms with Gasteiger partial charge in [0, 0.05) is 30.7 Å². The number of rotatable bonds is 12. The predicted octanol–water partition coefficient (Wildman–Crippen LogP) is 3.43. The average molecular weight is 506 g/mol. The highest BCUT2D eigenvalue weighted by molar-refractivity contribution is 6.24. The Morgan fingerprint density at radius 2 is 1.70 bits per heavy atom. The Labute approximate surface area is 215 Å². The van der Waals surface area contributed by atoms with Crippen LogP contribution in [0.3, 0.4) is 0 Å². The Hall–Kier alpha value is -4.11. The Kier molecular flexibility index (Phi) is 8.93. The minimum absolute atomic E-state index is 0.126. The molecule has 1 fully saturated rings. The molecule has 0 aromatic heterocycles. The summed E-state index contributed by atoms with van der Waals surface area (Å²) >= 11 is 0. The molecule has 37 heavy (non-hydrogen) atoms. The van der Waals surface area contributed by atoms with Crippen LogP contribution in [0.2, 0.25) is 0 Å². The molecule has 194 valence electrons. The summed E-state index contributed by atoms with van der Waals surface area (Å²) in [6.07, 6.45) is 9.49. The van der Waals surface area contributed by atoms with Gasteiger partial charge in [0.05, 0.1) is 0 Å². The van der Waals surface area contributed by atoms with E-state index in [9.17, 15) is 14.4 Å². The Morgan fingerprint density at radius 3 is 2.46 bits per heavy atom. The van der Waals surface area contributed by atoms with Gasteiger partial charge in [-0.3, -0.25) is 19.6 Å². The van der Waals surface area contributed by atoms with Gasteiger partial charge in [0.15, 0.2) is 11.5 Å². The zero-order valence-corrected chi connectivity index (χ0v) is 20.5. The van der Waals surface area contributed by atoms with E-state index in [0.717, 1.165) is 42.4 Å². The largest absolute Gasteiger partial charge is 0.454 e. The minimum atomic E-state index is -0.404. The number of nitrogens with one attached hydrogen (secondary N) is 3. The monoisotopic (exact) mass is 505 g/mol.